The summed E-state index contributed by atoms with van der Waals surface area (Å²) >= 11 is 0. The van der Waals surface area contributed by atoms with E-state index in [-0.39, 0.29) is 48.1 Å². The maximum atomic E-state index is 12.1. The highest BCUT2D eigenvalue weighted by Crippen LogP contribution is 2.29. The minimum atomic E-state index is -0.336. The van der Waals surface area contributed by atoms with Crippen LogP contribution in [0.4, 0.5) is 0 Å². The highest BCUT2D eigenvalue weighted by atomic mass is 16.2. The molecule has 0 N–H and O–H groups in total. The van der Waals surface area contributed by atoms with Gasteiger partial charge in [0.25, 0.3) is 0 Å². The number of rotatable bonds is 6. The minimum Gasteiger partial charge on any atom is -0.349 e. The molecule has 6 nitrogen and oxygen atoms in total. The number of ketones is 2. The zero-order valence-electron chi connectivity index (χ0n) is 13.9. The smallest absolute Gasteiger partial charge is 0.222 e. The van der Waals surface area contributed by atoms with Gasteiger partial charge in [-0.05, 0) is 12.8 Å². The van der Waals surface area contributed by atoms with Gasteiger partial charge in [0.05, 0.1) is 0 Å². The molecule has 0 spiro atoms. The highest BCUT2D eigenvalue weighted by Gasteiger charge is 2.34. The molecule has 0 aliphatic heterocycles. The highest BCUT2D eigenvalue weighted by molar-refractivity contribution is 5.96. The molecule has 1 aliphatic carbocycles. The van der Waals surface area contributed by atoms with E-state index in [1.165, 1.54) is 9.80 Å². The van der Waals surface area contributed by atoms with E-state index in [0.717, 1.165) is 0 Å². The van der Waals surface area contributed by atoms with Gasteiger partial charge in [0.2, 0.25) is 11.8 Å². The zero-order chi connectivity index (χ0) is 16.9. The third-order valence-electron chi connectivity index (χ3n) is 4.22. The van der Waals surface area contributed by atoms with Crippen molar-refractivity contribution in [3.63, 3.8) is 0 Å². The molecule has 0 heterocycles. The van der Waals surface area contributed by atoms with Crippen LogP contribution in [0.3, 0.4) is 0 Å². The van der Waals surface area contributed by atoms with Crippen molar-refractivity contribution in [2.75, 3.05) is 28.2 Å². The standard InChI is InChI=1S/C16H26N2O4/c1-17(2)15(21)7-5-11-9-14(20)12(10-13(11)19)6-8-16(22)18(3)4/h11-12H,5-10H2,1-4H3. The topological polar surface area (TPSA) is 74.8 Å². The van der Waals surface area contributed by atoms with Crippen LogP contribution < -0.4 is 0 Å². The molecule has 1 saturated carbocycles. The second-order valence-corrected chi connectivity index (χ2v) is 6.39. The minimum absolute atomic E-state index is 0.0287. The third-order valence-corrected chi connectivity index (χ3v) is 4.22. The van der Waals surface area contributed by atoms with Crippen LogP contribution in [-0.4, -0.2) is 61.4 Å². The Balaban J connectivity index is 2.47. The Bertz CT molecular complexity index is 415. The van der Waals surface area contributed by atoms with E-state index >= 15 is 0 Å². The van der Waals surface area contributed by atoms with E-state index in [4.69, 9.17) is 0 Å². The largest absolute Gasteiger partial charge is 0.349 e. The summed E-state index contributed by atoms with van der Waals surface area (Å²) in [6.45, 7) is 0. The summed E-state index contributed by atoms with van der Waals surface area (Å²) in [5.74, 6) is -0.630. The van der Waals surface area contributed by atoms with Crippen LogP contribution in [0.25, 0.3) is 0 Å². The van der Waals surface area contributed by atoms with Gasteiger partial charge in [-0.15, -0.1) is 0 Å². The summed E-state index contributed by atoms with van der Waals surface area (Å²) in [5.41, 5.74) is 0. The Morgan fingerprint density at radius 2 is 1.14 bits per heavy atom. The van der Waals surface area contributed by atoms with E-state index in [2.05, 4.69) is 0 Å². The molecule has 2 amide bonds. The Morgan fingerprint density at radius 1 is 0.818 bits per heavy atom. The summed E-state index contributed by atoms with van der Waals surface area (Å²) < 4.78 is 0. The Kier molecular flexibility index (Phi) is 6.71. The van der Waals surface area contributed by atoms with Crippen LogP contribution in [0.2, 0.25) is 0 Å². The average molecular weight is 310 g/mol. The van der Waals surface area contributed by atoms with Crippen LogP contribution in [0.15, 0.2) is 0 Å². The summed E-state index contributed by atoms with van der Waals surface area (Å²) in [5, 5.41) is 0. The van der Waals surface area contributed by atoms with Crippen molar-refractivity contribution < 1.29 is 19.2 Å². The van der Waals surface area contributed by atoms with Crippen LogP contribution in [0.5, 0.6) is 0 Å². The van der Waals surface area contributed by atoms with Crippen LogP contribution >= 0.6 is 0 Å². The molecule has 0 aromatic carbocycles. The molecule has 2 atom stereocenters. The summed E-state index contributed by atoms with van der Waals surface area (Å²) in [4.78, 5) is 50.4. The van der Waals surface area contributed by atoms with Crippen molar-refractivity contribution in [3.05, 3.63) is 0 Å². The number of hydrogen-bond acceptors (Lipinski definition) is 4. The molecule has 1 fully saturated rings. The second-order valence-electron chi connectivity index (χ2n) is 6.39. The maximum absolute atomic E-state index is 12.1. The first-order valence-corrected chi connectivity index (χ1v) is 7.68. The van der Waals surface area contributed by atoms with E-state index in [9.17, 15) is 19.2 Å². The van der Waals surface area contributed by atoms with Crippen LogP contribution in [0.1, 0.15) is 38.5 Å². The number of amides is 2. The van der Waals surface area contributed by atoms with Gasteiger partial charge in [0, 0.05) is 65.7 Å². The van der Waals surface area contributed by atoms with E-state index in [1.807, 2.05) is 0 Å². The lowest BCUT2D eigenvalue weighted by molar-refractivity contribution is -0.139. The fraction of sp³-hybridized carbons (Fsp3) is 0.750. The fourth-order valence-electron chi connectivity index (χ4n) is 2.62. The lowest BCUT2D eigenvalue weighted by atomic mass is 9.76. The molecule has 22 heavy (non-hydrogen) atoms. The summed E-state index contributed by atoms with van der Waals surface area (Å²) in [7, 11) is 6.70. The Labute approximate surface area is 131 Å². The summed E-state index contributed by atoms with van der Waals surface area (Å²) in [6.07, 6.45) is 1.87. The molecule has 0 radical (unpaired) electrons. The van der Waals surface area contributed by atoms with Crippen molar-refractivity contribution in [1.82, 2.24) is 9.80 Å². The molecule has 1 rings (SSSR count). The van der Waals surface area contributed by atoms with Gasteiger partial charge in [-0.1, -0.05) is 0 Å². The molecule has 6 heteroatoms. The second kappa shape index (κ2) is 8.06. The van der Waals surface area contributed by atoms with Crippen molar-refractivity contribution >= 4 is 23.4 Å². The first-order valence-electron chi connectivity index (χ1n) is 7.68. The SMILES string of the molecule is CN(C)C(=O)CCC1CC(=O)C(CCC(=O)N(C)C)CC1=O. The van der Waals surface area contributed by atoms with Crippen molar-refractivity contribution in [2.24, 2.45) is 11.8 Å². The molecule has 1 aliphatic rings. The third kappa shape index (κ3) is 5.24. The molecule has 2 unspecified atom stereocenters. The first-order chi connectivity index (χ1) is 10.2. The van der Waals surface area contributed by atoms with Gasteiger partial charge in [0.1, 0.15) is 11.6 Å². The van der Waals surface area contributed by atoms with Crippen molar-refractivity contribution in [3.8, 4) is 0 Å². The van der Waals surface area contributed by atoms with Gasteiger partial charge >= 0.3 is 0 Å². The molecule has 0 saturated heterocycles. The number of Topliss-reactive ketones (excluding diaryl/α,β-unsaturated/α-hetero) is 2. The number of hydrogen-bond donors (Lipinski definition) is 0. The molecule has 0 bridgehead atoms. The number of nitrogens with zero attached hydrogens (tertiary/aromatic N) is 2. The van der Waals surface area contributed by atoms with Gasteiger partial charge in [-0.25, -0.2) is 0 Å². The number of carbonyl (C=O) groups is 4. The average Bonchev–Trinajstić information content (AvgIpc) is 2.45. The molecule has 124 valence electrons. The molecule has 0 aromatic heterocycles. The van der Waals surface area contributed by atoms with E-state index < -0.39 is 0 Å². The van der Waals surface area contributed by atoms with Gasteiger partial charge < -0.3 is 9.80 Å². The fourth-order valence-corrected chi connectivity index (χ4v) is 2.62. The lowest BCUT2D eigenvalue weighted by Crippen LogP contribution is -2.34. The molecule has 0 aromatic rings. The zero-order valence-corrected chi connectivity index (χ0v) is 13.9. The monoisotopic (exact) mass is 310 g/mol. The lowest BCUT2D eigenvalue weighted by Gasteiger charge is -2.26. The maximum Gasteiger partial charge on any atom is 0.222 e. The predicted molar refractivity (Wildman–Crippen MR) is 82.1 cm³/mol. The van der Waals surface area contributed by atoms with E-state index in [0.29, 0.717) is 25.7 Å². The van der Waals surface area contributed by atoms with Gasteiger partial charge in [-0.3, -0.25) is 19.2 Å². The normalized spacial score (nSPS) is 21.6. The predicted octanol–water partition coefficient (Wildman–Crippen LogP) is 0.888. The van der Waals surface area contributed by atoms with Gasteiger partial charge in [0.15, 0.2) is 0 Å². The summed E-state index contributed by atoms with van der Waals surface area (Å²) in [6, 6.07) is 0. The molecular weight excluding hydrogens is 284 g/mol. The first kappa shape index (κ1) is 18.3. The Morgan fingerprint density at radius 3 is 1.41 bits per heavy atom. The number of carbonyl (C=O) groups excluding carboxylic acids is 4. The quantitative estimate of drug-likeness (QED) is 0.730. The van der Waals surface area contributed by atoms with Crippen LogP contribution in [-0.2, 0) is 19.2 Å². The molecular formula is C16H26N2O4. The van der Waals surface area contributed by atoms with E-state index in [1.54, 1.807) is 28.2 Å². The Hall–Kier alpha value is -1.72. The van der Waals surface area contributed by atoms with Crippen molar-refractivity contribution in [1.29, 1.82) is 0 Å². The van der Waals surface area contributed by atoms with Crippen LogP contribution in [0, 0.1) is 11.8 Å². The van der Waals surface area contributed by atoms with Crippen molar-refractivity contribution in [2.45, 2.75) is 38.5 Å². The van der Waals surface area contributed by atoms with Gasteiger partial charge in [-0.2, -0.15) is 0 Å².